The van der Waals surface area contributed by atoms with Gasteiger partial charge in [-0.15, -0.1) is 0 Å². The zero-order chi connectivity index (χ0) is 25.8. The van der Waals surface area contributed by atoms with Crippen LogP contribution in [0.25, 0.3) is 11.4 Å². The molecule has 37 heavy (non-hydrogen) atoms. The van der Waals surface area contributed by atoms with Crippen molar-refractivity contribution in [1.82, 2.24) is 20.4 Å². The summed E-state index contributed by atoms with van der Waals surface area (Å²) in [4.78, 5) is 22.2. The number of hydrogen-bond acceptors (Lipinski definition) is 6. The van der Waals surface area contributed by atoms with Gasteiger partial charge in [0, 0.05) is 30.3 Å². The Labute approximate surface area is 224 Å². The molecule has 2 aromatic carbocycles. The van der Waals surface area contributed by atoms with E-state index in [1.807, 2.05) is 24.3 Å². The topological polar surface area (TPSA) is 74.5 Å². The van der Waals surface area contributed by atoms with Gasteiger partial charge in [-0.3, -0.25) is 9.69 Å². The molecule has 3 aromatic rings. The largest absolute Gasteiger partial charge is 0.371 e. The van der Waals surface area contributed by atoms with Crippen molar-refractivity contribution in [3.05, 3.63) is 65.0 Å². The van der Waals surface area contributed by atoms with Crippen molar-refractivity contribution in [3.63, 3.8) is 0 Å². The van der Waals surface area contributed by atoms with E-state index in [0.29, 0.717) is 23.3 Å². The molecule has 0 radical (unpaired) electrons. The molecule has 1 aromatic heterocycles. The molecule has 2 unspecified atom stereocenters. The summed E-state index contributed by atoms with van der Waals surface area (Å²) in [6.45, 7) is 8.86. The highest BCUT2D eigenvalue weighted by molar-refractivity contribution is 6.33. The minimum atomic E-state index is -0.0125. The summed E-state index contributed by atoms with van der Waals surface area (Å²) in [7, 11) is 0. The Morgan fingerprint density at radius 1 is 1.11 bits per heavy atom. The van der Waals surface area contributed by atoms with Gasteiger partial charge in [-0.2, -0.15) is 4.98 Å². The van der Waals surface area contributed by atoms with E-state index in [1.54, 1.807) is 0 Å². The number of benzene rings is 2. The fourth-order valence-corrected chi connectivity index (χ4v) is 5.65. The number of rotatable bonds is 7. The first-order valence-electron chi connectivity index (χ1n) is 13.4. The molecule has 0 aliphatic carbocycles. The molecule has 2 aliphatic rings. The van der Waals surface area contributed by atoms with Gasteiger partial charge in [0.25, 0.3) is 0 Å². The number of piperidine rings is 2. The second kappa shape index (κ2) is 11.7. The standard InChI is InChI=1S/C29H36ClN5O2/c1-20-6-5-15-35(18-20)24-11-9-22(10-12-24)21(2)31-29(36)23-13-16-34(17-14-23)19-27-32-28(33-37-27)25-7-3-4-8-26(25)30/h3-4,7-12,20-21,23H,5-6,13-19H2,1-2H3,(H,31,36). The number of anilines is 1. The van der Waals surface area contributed by atoms with Crippen molar-refractivity contribution in [1.29, 1.82) is 0 Å². The molecular weight excluding hydrogens is 486 g/mol. The number of likely N-dealkylation sites (tertiary alicyclic amines) is 1. The average molecular weight is 522 g/mol. The molecule has 0 saturated carbocycles. The lowest BCUT2D eigenvalue weighted by atomic mass is 9.95. The minimum Gasteiger partial charge on any atom is -0.371 e. The highest BCUT2D eigenvalue weighted by Crippen LogP contribution is 2.27. The first kappa shape index (κ1) is 25.7. The second-order valence-corrected chi connectivity index (χ2v) is 11.0. The van der Waals surface area contributed by atoms with Crippen LogP contribution in [0.5, 0.6) is 0 Å². The first-order valence-corrected chi connectivity index (χ1v) is 13.8. The summed E-state index contributed by atoms with van der Waals surface area (Å²) < 4.78 is 5.46. The lowest BCUT2D eigenvalue weighted by Gasteiger charge is -2.33. The first-order chi connectivity index (χ1) is 18.0. The van der Waals surface area contributed by atoms with Crippen LogP contribution in [0, 0.1) is 11.8 Å². The molecule has 8 heteroatoms. The van der Waals surface area contributed by atoms with Crippen molar-refractivity contribution >= 4 is 23.2 Å². The monoisotopic (exact) mass is 521 g/mol. The lowest BCUT2D eigenvalue weighted by molar-refractivity contribution is -0.127. The number of nitrogens with zero attached hydrogens (tertiary/aromatic N) is 4. The summed E-state index contributed by atoms with van der Waals surface area (Å²) in [6, 6.07) is 16.2. The third-order valence-corrected chi connectivity index (χ3v) is 8.00. The van der Waals surface area contributed by atoms with Gasteiger partial charge < -0.3 is 14.7 Å². The molecule has 3 heterocycles. The van der Waals surface area contributed by atoms with E-state index in [1.165, 1.54) is 18.5 Å². The van der Waals surface area contributed by atoms with Crippen LogP contribution in [0.4, 0.5) is 5.69 Å². The third-order valence-electron chi connectivity index (χ3n) is 7.67. The van der Waals surface area contributed by atoms with E-state index >= 15 is 0 Å². The van der Waals surface area contributed by atoms with Crippen molar-refractivity contribution < 1.29 is 9.32 Å². The van der Waals surface area contributed by atoms with Gasteiger partial charge in [0.1, 0.15) is 0 Å². The zero-order valence-electron chi connectivity index (χ0n) is 21.7. The van der Waals surface area contributed by atoms with Gasteiger partial charge in [-0.05, 0) is 81.4 Å². The van der Waals surface area contributed by atoms with Crippen LogP contribution in [-0.4, -0.2) is 47.1 Å². The van der Waals surface area contributed by atoms with E-state index in [2.05, 4.69) is 63.4 Å². The van der Waals surface area contributed by atoms with Crippen LogP contribution >= 0.6 is 11.6 Å². The molecule has 2 fully saturated rings. The summed E-state index contributed by atoms with van der Waals surface area (Å²) in [5.41, 5.74) is 3.19. The number of carbonyl (C=O) groups is 1. The lowest BCUT2D eigenvalue weighted by Crippen LogP contribution is -2.41. The third kappa shape index (κ3) is 6.33. The van der Waals surface area contributed by atoms with Gasteiger partial charge in [-0.1, -0.05) is 47.9 Å². The molecule has 7 nitrogen and oxygen atoms in total. The van der Waals surface area contributed by atoms with E-state index in [9.17, 15) is 4.79 Å². The van der Waals surface area contributed by atoms with E-state index in [4.69, 9.17) is 16.1 Å². The van der Waals surface area contributed by atoms with Crippen molar-refractivity contribution in [2.45, 2.75) is 52.1 Å². The maximum atomic E-state index is 13.0. The smallest absolute Gasteiger partial charge is 0.241 e. The molecule has 5 rings (SSSR count). The van der Waals surface area contributed by atoms with Gasteiger partial charge in [0.15, 0.2) is 0 Å². The average Bonchev–Trinajstić information content (AvgIpc) is 3.37. The fraction of sp³-hybridized carbons (Fsp3) is 0.483. The van der Waals surface area contributed by atoms with Crippen LogP contribution < -0.4 is 10.2 Å². The second-order valence-electron chi connectivity index (χ2n) is 10.6. The Hall–Kier alpha value is -2.90. The molecule has 1 amide bonds. The number of aromatic nitrogens is 2. The summed E-state index contributed by atoms with van der Waals surface area (Å²) in [5, 5.41) is 7.93. The molecule has 196 valence electrons. The maximum absolute atomic E-state index is 13.0. The van der Waals surface area contributed by atoms with Crippen LogP contribution in [0.15, 0.2) is 53.1 Å². The van der Waals surface area contributed by atoms with Crippen LogP contribution in [0.2, 0.25) is 5.02 Å². The molecule has 2 atom stereocenters. The van der Waals surface area contributed by atoms with Crippen LogP contribution in [0.1, 0.15) is 57.0 Å². The Morgan fingerprint density at radius 2 is 1.86 bits per heavy atom. The quantitative estimate of drug-likeness (QED) is 0.429. The highest BCUT2D eigenvalue weighted by Gasteiger charge is 2.27. The number of amides is 1. The van der Waals surface area contributed by atoms with Gasteiger partial charge in [0.2, 0.25) is 17.6 Å². The van der Waals surface area contributed by atoms with Crippen molar-refractivity contribution in [2.75, 3.05) is 31.1 Å². The van der Waals surface area contributed by atoms with Crippen molar-refractivity contribution in [3.8, 4) is 11.4 Å². The summed E-state index contributed by atoms with van der Waals surface area (Å²) in [6.07, 6.45) is 4.21. The molecule has 0 bridgehead atoms. The molecule has 1 N–H and O–H groups in total. The van der Waals surface area contributed by atoms with Crippen molar-refractivity contribution in [2.24, 2.45) is 11.8 Å². The van der Waals surface area contributed by atoms with Gasteiger partial charge >= 0.3 is 0 Å². The molecular formula is C29H36ClN5O2. The van der Waals surface area contributed by atoms with Crippen LogP contribution in [-0.2, 0) is 11.3 Å². The van der Waals surface area contributed by atoms with Gasteiger partial charge in [0.05, 0.1) is 17.6 Å². The van der Waals surface area contributed by atoms with E-state index in [0.717, 1.165) is 56.1 Å². The normalized spacial score (nSPS) is 20.1. The molecule has 2 aliphatic heterocycles. The number of nitrogens with one attached hydrogen (secondary N) is 1. The zero-order valence-corrected chi connectivity index (χ0v) is 22.5. The summed E-state index contributed by atoms with van der Waals surface area (Å²) in [5.74, 6) is 1.97. The van der Waals surface area contributed by atoms with Crippen LogP contribution in [0.3, 0.4) is 0 Å². The minimum absolute atomic E-state index is 0.0125. The predicted molar refractivity (Wildman–Crippen MR) is 146 cm³/mol. The number of carbonyl (C=O) groups excluding carboxylic acids is 1. The Bertz CT molecular complexity index is 1190. The highest BCUT2D eigenvalue weighted by atomic mass is 35.5. The Balaban J connectivity index is 1.09. The molecule has 2 saturated heterocycles. The number of hydrogen-bond donors (Lipinski definition) is 1. The number of halogens is 1. The summed E-state index contributed by atoms with van der Waals surface area (Å²) >= 11 is 6.25. The SMILES string of the molecule is CC1CCCN(c2ccc(C(C)NC(=O)C3CCN(Cc4nc(-c5ccccc5Cl)no4)CC3)cc2)C1. The predicted octanol–water partition coefficient (Wildman–Crippen LogP) is 5.72. The Kier molecular flexibility index (Phi) is 8.11. The van der Waals surface area contributed by atoms with E-state index < -0.39 is 0 Å². The maximum Gasteiger partial charge on any atom is 0.241 e. The Morgan fingerprint density at radius 3 is 2.59 bits per heavy atom. The fourth-order valence-electron chi connectivity index (χ4n) is 5.43. The van der Waals surface area contributed by atoms with E-state index in [-0.39, 0.29) is 17.9 Å². The van der Waals surface area contributed by atoms with Gasteiger partial charge in [-0.25, -0.2) is 0 Å². The molecule has 0 spiro atoms.